The first kappa shape index (κ1) is 20.8. The van der Waals surface area contributed by atoms with E-state index in [-0.39, 0.29) is 0 Å². The number of rotatable bonds is 14. The minimum Gasteiger partial charge on any atom is -0.337 e. The van der Waals surface area contributed by atoms with E-state index in [2.05, 4.69) is 33.0 Å². The first-order chi connectivity index (χ1) is 9.95. The van der Waals surface area contributed by atoms with Crippen molar-refractivity contribution in [1.82, 2.24) is 5.32 Å². The molecule has 0 amide bonds. The third kappa shape index (κ3) is 9.42. The lowest BCUT2D eigenvalue weighted by Crippen LogP contribution is -2.60. The van der Waals surface area contributed by atoms with Crippen molar-refractivity contribution in [2.24, 2.45) is 0 Å². The summed E-state index contributed by atoms with van der Waals surface area (Å²) < 4.78 is 23.4. The molecule has 0 saturated heterocycles. The molecular formula is C16H35NO4. The van der Waals surface area contributed by atoms with Gasteiger partial charge in [0.25, 0.3) is 0 Å². The highest BCUT2D eigenvalue weighted by molar-refractivity contribution is 4.69. The minimum atomic E-state index is -0.914. The van der Waals surface area contributed by atoms with Crippen LogP contribution in [-0.4, -0.2) is 38.2 Å². The summed E-state index contributed by atoms with van der Waals surface area (Å²) in [5, 5.41) is 3.26. The monoisotopic (exact) mass is 305 g/mol. The largest absolute Gasteiger partial charge is 0.337 e. The van der Waals surface area contributed by atoms with E-state index in [9.17, 15) is 0 Å². The fraction of sp³-hybridized carbons (Fsp3) is 1.00. The van der Waals surface area contributed by atoms with Crippen LogP contribution in [0.5, 0.6) is 0 Å². The maximum Gasteiger partial charge on any atom is 0.228 e. The van der Waals surface area contributed by atoms with Gasteiger partial charge in [-0.1, -0.05) is 27.7 Å². The third-order valence-corrected chi connectivity index (χ3v) is 2.78. The predicted molar refractivity (Wildman–Crippen MR) is 84.9 cm³/mol. The summed E-state index contributed by atoms with van der Waals surface area (Å²) in [6, 6.07) is 0. The van der Waals surface area contributed by atoms with E-state index in [1.165, 1.54) is 0 Å². The average Bonchev–Trinajstić information content (AvgIpc) is 2.47. The van der Waals surface area contributed by atoms with Gasteiger partial charge in [0.15, 0.2) is 0 Å². The van der Waals surface area contributed by atoms with Gasteiger partial charge in [-0.25, -0.2) is 5.32 Å². The Kier molecular flexibility index (Phi) is 11.3. The molecule has 0 aromatic heterocycles. The Morgan fingerprint density at radius 1 is 0.571 bits per heavy atom. The second-order valence-corrected chi connectivity index (χ2v) is 5.41. The second-order valence-electron chi connectivity index (χ2n) is 5.41. The predicted octanol–water partition coefficient (Wildman–Crippen LogP) is 3.63. The van der Waals surface area contributed by atoms with Crippen LogP contribution >= 0.6 is 0 Å². The highest BCUT2D eigenvalue weighted by atomic mass is 16.8. The molecule has 5 heteroatoms. The summed E-state index contributed by atoms with van der Waals surface area (Å²) in [7, 11) is 0. The molecule has 0 heterocycles. The molecule has 21 heavy (non-hydrogen) atoms. The van der Waals surface area contributed by atoms with Crippen LogP contribution in [0.4, 0.5) is 0 Å². The van der Waals surface area contributed by atoms with Crippen molar-refractivity contribution in [2.45, 2.75) is 79.0 Å². The molecule has 128 valence electrons. The van der Waals surface area contributed by atoms with Crippen molar-refractivity contribution in [3.63, 3.8) is 0 Å². The van der Waals surface area contributed by atoms with Crippen LogP contribution in [0, 0.1) is 0 Å². The smallest absolute Gasteiger partial charge is 0.228 e. The fourth-order valence-electron chi connectivity index (χ4n) is 1.83. The molecule has 0 aliphatic carbocycles. The van der Waals surface area contributed by atoms with Gasteiger partial charge in [-0.3, -0.25) is 0 Å². The molecule has 0 atom stereocenters. The Labute approximate surface area is 130 Å². The van der Waals surface area contributed by atoms with E-state index >= 15 is 0 Å². The summed E-state index contributed by atoms with van der Waals surface area (Å²) in [5.74, 6) is -1.83. The van der Waals surface area contributed by atoms with Crippen LogP contribution in [0.1, 0.15) is 67.2 Å². The molecule has 0 radical (unpaired) electrons. The Bertz CT molecular complexity index is 208. The quantitative estimate of drug-likeness (QED) is 0.497. The first-order valence-corrected chi connectivity index (χ1v) is 8.30. The first-order valence-electron chi connectivity index (χ1n) is 8.30. The maximum absolute atomic E-state index is 5.84. The highest BCUT2D eigenvalue weighted by Gasteiger charge is 2.37. The van der Waals surface area contributed by atoms with Crippen LogP contribution < -0.4 is 5.32 Å². The van der Waals surface area contributed by atoms with Gasteiger partial charge in [0.1, 0.15) is 0 Å². The van der Waals surface area contributed by atoms with E-state index in [4.69, 9.17) is 18.9 Å². The molecule has 0 rings (SSSR count). The van der Waals surface area contributed by atoms with Crippen molar-refractivity contribution >= 4 is 0 Å². The fourth-order valence-corrected chi connectivity index (χ4v) is 1.83. The van der Waals surface area contributed by atoms with Crippen LogP contribution in [0.25, 0.3) is 0 Å². The maximum atomic E-state index is 5.84. The van der Waals surface area contributed by atoms with Crippen LogP contribution in [-0.2, 0) is 18.9 Å². The van der Waals surface area contributed by atoms with Gasteiger partial charge in [-0.05, 0) is 25.7 Å². The molecule has 1 N–H and O–H groups in total. The Morgan fingerprint density at radius 3 is 1.00 bits per heavy atom. The molecule has 0 unspecified atom stereocenters. The summed E-state index contributed by atoms with van der Waals surface area (Å²) >= 11 is 0. The molecular weight excluding hydrogens is 270 g/mol. The van der Waals surface area contributed by atoms with Crippen molar-refractivity contribution in [1.29, 1.82) is 0 Å². The standard InChI is InChI=1S/C16H35NO4/c1-7-11-18-15(5,19-12-8-2)17-16(6,20-13-9-3)21-14-10-4/h17H,7-14H2,1-6H3. The van der Waals surface area contributed by atoms with E-state index in [0.717, 1.165) is 25.7 Å². The summed E-state index contributed by atoms with van der Waals surface area (Å²) in [6.07, 6.45) is 3.70. The van der Waals surface area contributed by atoms with Crippen molar-refractivity contribution < 1.29 is 18.9 Å². The second kappa shape index (κ2) is 11.4. The van der Waals surface area contributed by atoms with Gasteiger partial charge in [0.2, 0.25) is 11.8 Å². The summed E-state index contributed by atoms with van der Waals surface area (Å²) in [5.41, 5.74) is 0. The average molecular weight is 305 g/mol. The number of nitrogens with one attached hydrogen (secondary N) is 1. The zero-order valence-corrected chi connectivity index (χ0v) is 14.8. The minimum absolute atomic E-state index is 0.616. The molecule has 0 saturated carbocycles. The lowest BCUT2D eigenvalue weighted by Gasteiger charge is -2.40. The van der Waals surface area contributed by atoms with Gasteiger partial charge in [-0.15, -0.1) is 0 Å². The van der Waals surface area contributed by atoms with Gasteiger partial charge in [0.05, 0.1) is 26.4 Å². The lowest BCUT2D eigenvalue weighted by atomic mass is 10.4. The Morgan fingerprint density at radius 2 is 0.810 bits per heavy atom. The number of ether oxygens (including phenoxy) is 4. The molecule has 0 fully saturated rings. The van der Waals surface area contributed by atoms with E-state index in [1.54, 1.807) is 0 Å². The molecule has 0 aliphatic rings. The van der Waals surface area contributed by atoms with Crippen molar-refractivity contribution in [3.05, 3.63) is 0 Å². The highest BCUT2D eigenvalue weighted by Crippen LogP contribution is 2.19. The third-order valence-electron chi connectivity index (χ3n) is 2.78. The molecule has 0 aliphatic heterocycles. The lowest BCUT2D eigenvalue weighted by molar-refractivity contribution is -0.331. The van der Waals surface area contributed by atoms with Gasteiger partial charge < -0.3 is 18.9 Å². The zero-order chi connectivity index (χ0) is 16.2. The van der Waals surface area contributed by atoms with Gasteiger partial charge >= 0.3 is 0 Å². The zero-order valence-electron chi connectivity index (χ0n) is 14.8. The van der Waals surface area contributed by atoms with Gasteiger partial charge in [0, 0.05) is 13.8 Å². The van der Waals surface area contributed by atoms with E-state index in [1.807, 2.05) is 13.8 Å². The molecule has 0 spiro atoms. The molecule has 0 aromatic rings. The van der Waals surface area contributed by atoms with Crippen LogP contribution in [0.15, 0.2) is 0 Å². The van der Waals surface area contributed by atoms with Crippen LogP contribution in [0.3, 0.4) is 0 Å². The summed E-state index contributed by atoms with van der Waals surface area (Å²) in [4.78, 5) is 0. The van der Waals surface area contributed by atoms with Crippen molar-refractivity contribution in [2.75, 3.05) is 26.4 Å². The molecule has 5 nitrogen and oxygen atoms in total. The van der Waals surface area contributed by atoms with Gasteiger partial charge in [-0.2, -0.15) is 0 Å². The Hall–Kier alpha value is -0.200. The number of hydrogen-bond acceptors (Lipinski definition) is 5. The Balaban J connectivity index is 4.80. The molecule has 0 aromatic carbocycles. The van der Waals surface area contributed by atoms with E-state index < -0.39 is 11.8 Å². The van der Waals surface area contributed by atoms with Crippen LogP contribution in [0.2, 0.25) is 0 Å². The van der Waals surface area contributed by atoms with Crippen molar-refractivity contribution in [3.8, 4) is 0 Å². The summed E-state index contributed by atoms with van der Waals surface area (Å²) in [6.45, 7) is 14.5. The molecule has 0 bridgehead atoms. The SMILES string of the molecule is CCCOC(C)(NC(C)(OCCC)OCCC)OCCC. The number of hydrogen-bond donors (Lipinski definition) is 1. The van der Waals surface area contributed by atoms with E-state index in [0.29, 0.717) is 26.4 Å². The normalized spacial score (nSPS) is 12.9. The topological polar surface area (TPSA) is 49.0 Å².